The van der Waals surface area contributed by atoms with Crippen LogP contribution in [0.2, 0.25) is 0 Å². The topological polar surface area (TPSA) is 41.3 Å². The van der Waals surface area contributed by atoms with E-state index in [1.807, 2.05) is 13.8 Å². The molecule has 1 aromatic carbocycles. The molecular weight excluding hydrogens is 274 g/mol. The first-order chi connectivity index (χ1) is 10.6. The van der Waals surface area contributed by atoms with Gasteiger partial charge in [-0.2, -0.15) is 0 Å². The van der Waals surface area contributed by atoms with E-state index in [4.69, 9.17) is 4.52 Å². The average molecular weight is 299 g/mol. The van der Waals surface area contributed by atoms with Crippen LogP contribution in [0.5, 0.6) is 0 Å². The van der Waals surface area contributed by atoms with Gasteiger partial charge in [-0.3, -0.25) is 0 Å². The van der Waals surface area contributed by atoms with Gasteiger partial charge < -0.3 is 14.7 Å². The van der Waals surface area contributed by atoms with E-state index in [0.29, 0.717) is 6.04 Å². The Bertz CT molecular complexity index is 610. The average Bonchev–Trinajstić information content (AvgIpc) is 3.16. The molecule has 1 aliphatic heterocycles. The largest absolute Gasteiger partial charge is 0.372 e. The van der Waals surface area contributed by atoms with E-state index in [2.05, 4.69) is 46.6 Å². The highest BCUT2D eigenvalue weighted by Crippen LogP contribution is 2.24. The third-order valence-corrected chi connectivity index (χ3v) is 4.61. The highest BCUT2D eigenvalue weighted by molar-refractivity contribution is 5.49. The molecule has 0 spiro atoms. The molecule has 1 fully saturated rings. The molecule has 0 unspecified atom stereocenters. The number of anilines is 1. The lowest BCUT2D eigenvalue weighted by Gasteiger charge is -2.20. The van der Waals surface area contributed by atoms with Crippen molar-refractivity contribution in [2.75, 3.05) is 18.0 Å². The van der Waals surface area contributed by atoms with Crippen molar-refractivity contribution in [1.29, 1.82) is 0 Å². The van der Waals surface area contributed by atoms with Gasteiger partial charge in [-0.15, -0.1) is 0 Å². The molecule has 1 atom stereocenters. The van der Waals surface area contributed by atoms with E-state index in [1.54, 1.807) is 0 Å². The Morgan fingerprint density at radius 2 is 2.05 bits per heavy atom. The Hall–Kier alpha value is -1.81. The third kappa shape index (κ3) is 3.17. The fourth-order valence-electron chi connectivity index (χ4n) is 3.09. The van der Waals surface area contributed by atoms with Crippen molar-refractivity contribution in [2.24, 2.45) is 0 Å². The summed E-state index contributed by atoms with van der Waals surface area (Å²) < 4.78 is 5.22. The number of nitrogens with one attached hydrogen (secondary N) is 1. The van der Waals surface area contributed by atoms with Crippen LogP contribution in [0.15, 0.2) is 28.8 Å². The van der Waals surface area contributed by atoms with Crippen molar-refractivity contribution >= 4 is 5.69 Å². The summed E-state index contributed by atoms with van der Waals surface area (Å²) >= 11 is 0. The lowest BCUT2D eigenvalue weighted by molar-refractivity contribution is 0.391. The smallest absolute Gasteiger partial charge is 0.138 e. The third-order valence-electron chi connectivity index (χ3n) is 4.61. The van der Waals surface area contributed by atoms with Crippen molar-refractivity contribution in [3.8, 4) is 0 Å². The lowest BCUT2D eigenvalue weighted by atomic mass is 10.1. The predicted molar refractivity (Wildman–Crippen MR) is 89.1 cm³/mol. The molecule has 1 N–H and O–H groups in total. The second-order valence-corrected chi connectivity index (χ2v) is 6.19. The minimum Gasteiger partial charge on any atom is -0.372 e. The Morgan fingerprint density at radius 1 is 1.27 bits per heavy atom. The molecule has 22 heavy (non-hydrogen) atoms. The van der Waals surface area contributed by atoms with Crippen LogP contribution in [0.3, 0.4) is 0 Å². The predicted octanol–water partition coefficient (Wildman–Crippen LogP) is 3.74. The Balaban J connectivity index is 1.67. The summed E-state index contributed by atoms with van der Waals surface area (Å²) in [4.78, 5) is 2.48. The molecule has 0 bridgehead atoms. The minimum absolute atomic E-state index is 0.302. The first-order valence-electron chi connectivity index (χ1n) is 8.15. The molecule has 3 rings (SSSR count). The van der Waals surface area contributed by atoms with Crippen LogP contribution in [0, 0.1) is 13.8 Å². The monoisotopic (exact) mass is 299 g/mol. The maximum atomic E-state index is 5.22. The number of rotatable bonds is 5. The van der Waals surface area contributed by atoms with Gasteiger partial charge in [0.2, 0.25) is 0 Å². The van der Waals surface area contributed by atoms with Crippen molar-refractivity contribution in [1.82, 2.24) is 10.5 Å². The van der Waals surface area contributed by atoms with E-state index >= 15 is 0 Å². The molecule has 4 heteroatoms. The van der Waals surface area contributed by atoms with Crippen LogP contribution in [-0.4, -0.2) is 18.2 Å². The zero-order valence-corrected chi connectivity index (χ0v) is 13.7. The summed E-state index contributed by atoms with van der Waals surface area (Å²) in [5.74, 6) is 0.906. The van der Waals surface area contributed by atoms with E-state index in [1.165, 1.54) is 42.7 Å². The van der Waals surface area contributed by atoms with Crippen LogP contribution in [0.25, 0.3) is 0 Å². The maximum absolute atomic E-state index is 5.22. The fraction of sp³-hybridized carbons (Fsp3) is 0.500. The molecule has 1 aromatic heterocycles. The summed E-state index contributed by atoms with van der Waals surface area (Å²) in [6.07, 6.45) is 2.62. The van der Waals surface area contributed by atoms with E-state index in [0.717, 1.165) is 18.0 Å². The Kier molecular flexibility index (Phi) is 4.48. The van der Waals surface area contributed by atoms with E-state index < -0.39 is 0 Å². The van der Waals surface area contributed by atoms with Gasteiger partial charge in [0, 0.05) is 36.9 Å². The van der Waals surface area contributed by atoms with E-state index in [-0.39, 0.29) is 0 Å². The molecule has 0 radical (unpaired) electrons. The molecule has 1 aliphatic rings. The van der Waals surface area contributed by atoms with Gasteiger partial charge in [-0.1, -0.05) is 17.3 Å². The standard InChI is InChI=1S/C18H25N3O/c1-13(19-12-18-14(2)20-22-15(18)3)16-7-6-8-17(11-16)21-9-4-5-10-21/h6-8,11,13,19H,4-5,9-10,12H2,1-3H3/t13-/m1/s1. The summed E-state index contributed by atoms with van der Waals surface area (Å²) in [6.45, 7) is 9.33. The molecule has 0 saturated carbocycles. The van der Waals surface area contributed by atoms with Gasteiger partial charge >= 0.3 is 0 Å². The molecule has 118 valence electrons. The van der Waals surface area contributed by atoms with Crippen molar-refractivity contribution in [3.05, 3.63) is 46.8 Å². The van der Waals surface area contributed by atoms with Gasteiger partial charge in [0.1, 0.15) is 5.76 Å². The van der Waals surface area contributed by atoms with Crippen molar-refractivity contribution in [3.63, 3.8) is 0 Å². The number of aromatic nitrogens is 1. The SMILES string of the molecule is Cc1noc(C)c1CN[C@H](C)c1cccc(N2CCCC2)c1. The van der Waals surface area contributed by atoms with Crippen LogP contribution < -0.4 is 10.2 Å². The second-order valence-electron chi connectivity index (χ2n) is 6.19. The molecule has 4 nitrogen and oxygen atoms in total. The molecule has 2 heterocycles. The minimum atomic E-state index is 0.302. The molecular formula is C18H25N3O. The van der Waals surface area contributed by atoms with Crippen LogP contribution >= 0.6 is 0 Å². The zero-order chi connectivity index (χ0) is 15.5. The number of hydrogen-bond donors (Lipinski definition) is 1. The van der Waals surface area contributed by atoms with E-state index in [9.17, 15) is 0 Å². The summed E-state index contributed by atoms with van der Waals surface area (Å²) in [6, 6.07) is 9.20. The number of benzene rings is 1. The van der Waals surface area contributed by atoms with Crippen LogP contribution in [0.1, 0.15) is 48.4 Å². The second kappa shape index (κ2) is 6.53. The van der Waals surface area contributed by atoms with Gasteiger partial charge in [0.05, 0.1) is 5.69 Å². The number of aryl methyl sites for hydroxylation is 2. The fourth-order valence-corrected chi connectivity index (χ4v) is 3.09. The zero-order valence-electron chi connectivity index (χ0n) is 13.7. The number of hydrogen-bond acceptors (Lipinski definition) is 4. The quantitative estimate of drug-likeness (QED) is 0.913. The van der Waals surface area contributed by atoms with Gasteiger partial charge in [-0.05, 0) is 51.3 Å². The summed E-state index contributed by atoms with van der Waals surface area (Å²) in [5.41, 5.74) is 4.82. The number of nitrogens with zero attached hydrogens (tertiary/aromatic N) is 2. The molecule has 0 amide bonds. The van der Waals surface area contributed by atoms with Gasteiger partial charge in [0.25, 0.3) is 0 Å². The first-order valence-corrected chi connectivity index (χ1v) is 8.15. The summed E-state index contributed by atoms with van der Waals surface area (Å²) in [5, 5.41) is 7.59. The lowest BCUT2D eigenvalue weighted by Crippen LogP contribution is -2.20. The highest BCUT2D eigenvalue weighted by Gasteiger charge is 2.15. The Morgan fingerprint density at radius 3 is 2.73 bits per heavy atom. The van der Waals surface area contributed by atoms with Crippen LogP contribution in [-0.2, 0) is 6.54 Å². The molecule has 0 aliphatic carbocycles. The van der Waals surface area contributed by atoms with Crippen LogP contribution in [0.4, 0.5) is 5.69 Å². The van der Waals surface area contributed by atoms with Crippen molar-refractivity contribution < 1.29 is 4.52 Å². The van der Waals surface area contributed by atoms with Gasteiger partial charge in [-0.25, -0.2) is 0 Å². The van der Waals surface area contributed by atoms with Crippen molar-refractivity contribution in [2.45, 2.75) is 46.2 Å². The molecule has 2 aromatic rings. The van der Waals surface area contributed by atoms with Gasteiger partial charge in [0.15, 0.2) is 0 Å². The molecule has 1 saturated heterocycles. The highest BCUT2D eigenvalue weighted by atomic mass is 16.5. The first kappa shape index (κ1) is 15.1. The normalized spacial score (nSPS) is 16.2. The Labute approximate surface area is 132 Å². The summed E-state index contributed by atoms with van der Waals surface area (Å²) in [7, 11) is 0. The maximum Gasteiger partial charge on any atom is 0.138 e.